The Morgan fingerprint density at radius 3 is 2.50 bits per heavy atom. The molecular weight excluding hydrogens is 405 g/mol. The van der Waals surface area contributed by atoms with Crippen LogP contribution in [0.5, 0.6) is 0 Å². The van der Waals surface area contributed by atoms with Crippen LogP contribution >= 0.6 is 11.6 Å². The van der Waals surface area contributed by atoms with E-state index in [1.165, 1.54) is 29.3 Å². The zero-order valence-corrected chi connectivity index (χ0v) is 17.4. The number of hydrogen-bond acceptors (Lipinski definition) is 4. The lowest BCUT2D eigenvalue weighted by Crippen LogP contribution is -2.43. The maximum Gasteiger partial charge on any atom is 0.245 e. The Labute approximate surface area is 171 Å². The van der Waals surface area contributed by atoms with Crippen molar-refractivity contribution in [2.24, 2.45) is 5.92 Å². The maximum atomic E-state index is 14.0. The molecule has 2 aliphatic heterocycles. The van der Waals surface area contributed by atoms with Gasteiger partial charge in [0.2, 0.25) is 15.9 Å². The average Bonchev–Trinajstić information content (AvgIpc) is 3.18. The van der Waals surface area contributed by atoms with E-state index in [4.69, 9.17) is 11.6 Å². The van der Waals surface area contributed by atoms with E-state index >= 15 is 0 Å². The van der Waals surface area contributed by atoms with Gasteiger partial charge in [-0.25, -0.2) is 12.8 Å². The number of benzene rings is 1. The van der Waals surface area contributed by atoms with E-state index in [1.807, 2.05) is 0 Å². The number of carbonyl (C=O) groups is 1. The highest BCUT2D eigenvalue weighted by Gasteiger charge is 2.33. The van der Waals surface area contributed by atoms with Crippen LogP contribution in [0.4, 0.5) is 4.39 Å². The molecule has 0 atom stereocenters. The zero-order valence-electron chi connectivity index (χ0n) is 15.9. The van der Waals surface area contributed by atoms with Crippen molar-refractivity contribution in [3.05, 3.63) is 29.0 Å². The highest BCUT2D eigenvalue weighted by molar-refractivity contribution is 7.89. The molecule has 0 bridgehead atoms. The van der Waals surface area contributed by atoms with Crippen molar-refractivity contribution in [3.63, 3.8) is 0 Å². The molecule has 2 fully saturated rings. The number of piperidine rings is 1. The Morgan fingerprint density at radius 2 is 1.86 bits per heavy atom. The summed E-state index contributed by atoms with van der Waals surface area (Å²) in [5.74, 6) is -1.07. The summed E-state index contributed by atoms with van der Waals surface area (Å²) < 4.78 is 40.6. The first kappa shape index (κ1) is 21.5. The maximum absolute atomic E-state index is 14.0. The number of rotatable bonds is 7. The van der Waals surface area contributed by atoms with Gasteiger partial charge >= 0.3 is 0 Å². The number of nitrogens with zero attached hydrogens (tertiary/aromatic N) is 2. The molecule has 0 unspecified atom stereocenters. The van der Waals surface area contributed by atoms with Gasteiger partial charge in [0.1, 0.15) is 10.7 Å². The van der Waals surface area contributed by atoms with Crippen LogP contribution in [-0.4, -0.2) is 62.8 Å². The third-order valence-electron chi connectivity index (χ3n) is 5.49. The fourth-order valence-corrected chi connectivity index (χ4v) is 5.52. The van der Waals surface area contributed by atoms with Gasteiger partial charge in [-0.05, 0) is 69.9 Å². The van der Waals surface area contributed by atoms with Gasteiger partial charge in [0.25, 0.3) is 0 Å². The predicted octanol–water partition coefficient (Wildman–Crippen LogP) is 2.48. The van der Waals surface area contributed by atoms with E-state index < -0.39 is 15.8 Å². The Morgan fingerprint density at radius 1 is 1.18 bits per heavy atom. The van der Waals surface area contributed by atoms with E-state index in [-0.39, 0.29) is 34.8 Å². The lowest BCUT2D eigenvalue weighted by atomic mass is 9.97. The molecule has 3 rings (SSSR count). The summed E-state index contributed by atoms with van der Waals surface area (Å²) >= 11 is 5.70. The highest BCUT2D eigenvalue weighted by Crippen LogP contribution is 2.26. The third-order valence-corrected chi connectivity index (χ3v) is 7.65. The summed E-state index contributed by atoms with van der Waals surface area (Å²) in [6.07, 6.45) is 4.31. The van der Waals surface area contributed by atoms with E-state index in [0.29, 0.717) is 19.4 Å². The first-order valence-corrected chi connectivity index (χ1v) is 11.6. The van der Waals surface area contributed by atoms with Crippen LogP contribution in [0.25, 0.3) is 0 Å². The van der Waals surface area contributed by atoms with Crippen LogP contribution in [0.3, 0.4) is 0 Å². The SMILES string of the molecule is O=C(NCCCN1CCCC1)C1CCN(S(=O)(=O)c2ccc(Cl)cc2F)CC1. The second-order valence-electron chi connectivity index (χ2n) is 7.45. The Kier molecular flexibility index (Phi) is 7.31. The number of hydrogen-bond donors (Lipinski definition) is 1. The van der Waals surface area contributed by atoms with Gasteiger partial charge in [-0.3, -0.25) is 4.79 Å². The standard InChI is InChI=1S/C19H27ClFN3O3S/c20-16-4-5-18(17(21)14-16)28(26,27)24-12-6-15(7-13-24)19(25)22-8-3-11-23-9-1-2-10-23/h4-5,14-15H,1-3,6-13H2,(H,22,25). The van der Waals surface area contributed by atoms with Crippen molar-refractivity contribution < 1.29 is 17.6 Å². The fraction of sp³-hybridized carbons (Fsp3) is 0.632. The highest BCUT2D eigenvalue weighted by atomic mass is 35.5. The van der Waals surface area contributed by atoms with E-state index in [2.05, 4.69) is 10.2 Å². The summed E-state index contributed by atoms with van der Waals surface area (Å²) in [7, 11) is -3.93. The molecule has 0 aromatic heterocycles. The monoisotopic (exact) mass is 431 g/mol. The van der Waals surface area contributed by atoms with Crippen LogP contribution in [0.15, 0.2) is 23.1 Å². The summed E-state index contributed by atoms with van der Waals surface area (Å²) in [6.45, 7) is 4.35. The Hall–Kier alpha value is -1.22. The number of halogens is 2. The quantitative estimate of drug-likeness (QED) is 0.673. The first-order valence-electron chi connectivity index (χ1n) is 9.83. The molecule has 0 saturated carbocycles. The van der Waals surface area contributed by atoms with Gasteiger partial charge in [-0.2, -0.15) is 4.31 Å². The van der Waals surface area contributed by atoms with Crippen molar-refractivity contribution in [2.45, 2.75) is 37.0 Å². The number of amides is 1. The molecule has 2 saturated heterocycles. The molecule has 1 amide bonds. The zero-order chi connectivity index (χ0) is 20.1. The van der Waals surface area contributed by atoms with E-state index in [1.54, 1.807) is 0 Å². The van der Waals surface area contributed by atoms with Gasteiger partial charge in [-0.15, -0.1) is 0 Å². The Bertz CT molecular complexity index is 792. The normalized spacial score (nSPS) is 19.8. The second kappa shape index (κ2) is 9.52. The lowest BCUT2D eigenvalue weighted by molar-refractivity contribution is -0.126. The second-order valence-corrected chi connectivity index (χ2v) is 9.79. The van der Waals surface area contributed by atoms with Crippen molar-refractivity contribution in [2.75, 3.05) is 39.3 Å². The summed E-state index contributed by atoms with van der Waals surface area (Å²) in [5, 5.41) is 3.12. The molecule has 1 aromatic rings. The minimum absolute atomic E-state index is 0.0175. The lowest BCUT2D eigenvalue weighted by Gasteiger charge is -2.30. The molecule has 9 heteroatoms. The molecule has 1 N–H and O–H groups in total. The van der Waals surface area contributed by atoms with Crippen molar-refractivity contribution >= 4 is 27.5 Å². The molecule has 1 aromatic carbocycles. The van der Waals surface area contributed by atoms with Gasteiger partial charge in [-0.1, -0.05) is 11.6 Å². The van der Waals surface area contributed by atoms with Crippen LogP contribution < -0.4 is 5.32 Å². The number of carbonyl (C=O) groups excluding carboxylic acids is 1. The number of likely N-dealkylation sites (tertiary alicyclic amines) is 1. The summed E-state index contributed by atoms with van der Waals surface area (Å²) in [4.78, 5) is 14.4. The molecule has 0 radical (unpaired) electrons. The van der Waals surface area contributed by atoms with Crippen LogP contribution in [-0.2, 0) is 14.8 Å². The van der Waals surface area contributed by atoms with Crippen molar-refractivity contribution in [1.29, 1.82) is 0 Å². The van der Waals surface area contributed by atoms with Gasteiger partial charge < -0.3 is 10.2 Å². The van der Waals surface area contributed by atoms with Crippen molar-refractivity contribution in [1.82, 2.24) is 14.5 Å². The smallest absolute Gasteiger partial charge is 0.245 e. The van der Waals surface area contributed by atoms with E-state index in [9.17, 15) is 17.6 Å². The predicted molar refractivity (Wildman–Crippen MR) is 106 cm³/mol. The van der Waals surface area contributed by atoms with Gasteiger partial charge in [0, 0.05) is 30.6 Å². The fourth-order valence-electron chi connectivity index (χ4n) is 3.85. The van der Waals surface area contributed by atoms with E-state index in [0.717, 1.165) is 32.1 Å². The molecule has 0 aliphatic carbocycles. The molecule has 156 valence electrons. The molecule has 6 nitrogen and oxygen atoms in total. The third kappa shape index (κ3) is 5.23. The first-order chi connectivity index (χ1) is 13.4. The molecule has 2 aliphatic rings. The van der Waals surface area contributed by atoms with Gasteiger partial charge in [0.15, 0.2) is 0 Å². The van der Waals surface area contributed by atoms with Gasteiger partial charge in [0.05, 0.1) is 0 Å². The van der Waals surface area contributed by atoms with Crippen LogP contribution in [0.2, 0.25) is 5.02 Å². The largest absolute Gasteiger partial charge is 0.356 e. The number of nitrogens with one attached hydrogen (secondary N) is 1. The number of sulfonamides is 1. The minimum atomic E-state index is -3.93. The summed E-state index contributed by atoms with van der Waals surface area (Å²) in [6, 6.07) is 3.54. The molecule has 0 spiro atoms. The van der Waals surface area contributed by atoms with Crippen LogP contribution in [0.1, 0.15) is 32.1 Å². The topological polar surface area (TPSA) is 69.7 Å². The molecular formula is C19H27ClFN3O3S. The van der Waals surface area contributed by atoms with Crippen molar-refractivity contribution in [3.8, 4) is 0 Å². The molecule has 2 heterocycles. The minimum Gasteiger partial charge on any atom is -0.356 e. The molecule has 28 heavy (non-hydrogen) atoms. The Balaban J connectivity index is 1.46. The van der Waals surface area contributed by atoms with Crippen LogP contribution in [0, 0.1) is 11.7 Å². The summed E-state index contributed by atoms with van der Waals surface area (Å²) in [5.41, 5.74) is 0. The average molecular weight is 432 g/mol.